The van der Waals surface area contributed by atoms with Crippen LogP contribution in [0.1, 0.15) is 0 Å². The first-order valence-electron chi connectivity index (χ1n) is 2.79. The second kappa shape index (κ2) is 2.94. The molecule has 0 aromatic carbocycles. The van der Waals surface area contributed by atoms with Crippen LogP contribution < -0.4 is 5.46 Å². The highest BCUT2D eigenvalue weighted by molar-refractivity contribution is 6.58. The van der Waals surface area contributed by atoms with Crippen LogP contribution in [0.5, 0.6) is 0 Å². The van der Waals surface area contributed by atoms with E-state index in [4.69, 9.17) is 10.0 Å². The molecule has 0 saturated heterocycles. The van der Waals surface area contributed by atoms with E-state index in [9.17, 15) is 8.78 Å². The second-order valence-corrected chi connectivity index (χ2v) is 1.87. The van der Waals surface area contributed by atoms with Gasteiger partial charge in [0.05, 0.1) is 5.46 Å². The van der Waals surface area contributed by atoms with Gasteiger partial charge in [0.1, 0.15) is 5.82 Å². The van der Waals surface area contributed by atoms with Gasteiger partial charge in [-0.25, -0.2) is 9.37 Å². The van der Waals surface area contributed by atoms with Gasteiger partial charge < -0.3 is 10.0 Å². The number of hydrogen-bond donors (Lipinski definition) is 2. The zero-order valence-corrected chi connectivity index (χ0v) is 5.33. The Labute approximate surface area is 61.5 Å². The summed E-state index contributed by atoms with van der Waals surface area (Å²) in [6, 6.07) is 0.845. The van der Waals surface area contributed by atoms with Crippen molar-refractivity contribution < 1.29 is 18.8 Å². The molecule has 1 rings (SSSR count). The predicted octanol–water partition coefficient (Wildman–Crippen LogP) is -0.960. The average molecular weight is 159 g/mol. The molecule has 0 fully saturated rings. The van der Waals surface area contributed by atoms with E-state index in [0.29, 0.717) is 0 Å². The lowest BCUT2D eigenvalue weighted by Gasteiger charge is -2.00. The molecule has 0 radical (unpaired) electrons. The van der Waals surface area contributed by atoms with E-state index in [-0.39, 0.29) is 0 Å². The predicted molar refractivity (Wildman–Crippen MR) is 34.0 cm³/mol. The molecule has 11 heavy (non-hydrogen) atoms. The number of hydrogen-bond acceptors (Lipinski definition) is 3. The van der Waals surface area contributed by atoms with Crippen LogP contribution in [0, 0.1) is 11.8 Å². The van der Waals surface area contributed by atoms with Gasteiger partial charge in [-0.3, -0.25) is 0 Å². The van der Waals surface area contributed by atoms with Crippen molar-refractivity contribution in [1.82, 2.24) is 4.98 Å². The standard InChI is InChI=1S/C5H4BF2NO2/c7-3-1-2-9-5(8)4(3)6(10)11/h1-2,10-11H. The first-order valence-corrected chi connectivity index (χ1v) is 2.79. The summed E-state index contributed by atoms with van der Waals surface area (Å²) in [6.07, 6.45) is 0.899. The summed E-state index contributed by atoms with van der Waals surface area (Å²) in [5.41, 5.74) is -0.826. The molecule has 0 aliphatic heterocycles. The zero-order chi connectivity index (χ0) is 8.43. The Morgan fingerprint density at radius 3 is 2.36 bits per heavy atom. The third kappa shape index (κ3) is 1.52. The third-order valence-corrected chi connectivity index (χ3v) is 1.15. The van der Waals surface area contributed by atoms with Crippen LogP contribution >= 0.6 is 0 Å². The van der Waals surface area contributed by atoms with Gasteiger partial charge in [-0.05, 0) is 6.07 Å². The van der Waals surface area contributed by atoms with Gasteiger partial charge in [-0.2, -0.15) is 4.39 Å². The highest BCUT2D eigenvalue weighted by atomic mass is 19.1. The van der Waals surface area contributed by atoms with Gasteiger partial charge in [-0.15, -0.1) is 0 Å². The molecular weight excluding hydrogens is 155 g/mol. The Kier molecular flexibility index (Phi) is 2.16. The Hall–Kier alpha value is -1.01. The molecule has 3 nitrogen and oxygen atoms in total. The van der Waals surface area contributed by atoms with Crippen LogP contribution in [0.2, 0.25) is 0 Å². The first kappa shape index (κ1) is 8.09. The summed E-state index contributed by atoms with van der Waals surface area (Å²) in [5.74, 6) is -2.23. The fourth-order valence-corrected chi connectivity index (χ4v) is 0.656. The largest absolute Gasteiger partial charge is 0.496 e. The fourth-order valence-electron chi connectivity index (χ4n) is 0.656. The van der Waals surface area contributed by atoms with Crippen LogP contribution in [-0.2, 0) is 0 Å². The molecule has 1 heterocycles. The van der Waals surface area contributed by atoms with E-state index in [1.54, 1.807) is 0 Å². The topological polar surface area (TPSA) is 53.4 Å². The lowest BCUT2D eigenvalue weighted by molar-refractivity contribution is 0.418. The van der Waals surface area contributed by atoms with Crippen molar-refractivity contribution in [2.45, 2.75) is 0 Å². The maximum absolute atomic E-state index is 12.5. The van der Waals surface area contributed by atoms with Gasteiger partial charge >= 0.3 is 7.12 Å². The molecular formula is C5H4BF2NO2. The molecule has 2 N–H and O–H groups in total. The van der Waals surface area contributed by atoms with E-state index in [0.717, 1.165) is 12.3 Å². The third-order valence-electron chi connectivity index (χ3n) is 1.15. The minimum Gasteiger partial charge on any atom is -0.423 e. The number of nitrogens with zero attached hydrogens (tertiary/aromatic N) is 1. The summed E-state index contributed by atoms with van der Waals surface area (Å²) in [5, 5.41) is 16.8. The highest BCUT2D eigenvalue weighted by Gasteiger charge is 2.21. The number of pyridine rings is 1. The Balaban J connectivity index is 3.21. The van der Waals surface area contributed by atoms with Gasteiger partial charge in [0.2, 0.25) is 5.95 Å². The monoisotopic (exact) mass is 159 g/mol. The lowest BCUT2D eigenvalue weighted by atomic mass is 9.81. The van der Waals surface area contributed by atoms with E-state index >= 15 is 0 Å². The van der Waals surface area contributed by atoms with Gasteiger partial charge in [0.25, 0.3) is 0 Å². The maximum atomic E-state index is 12.5. The highest BCUT2D eigenvalue weighted by Crippen LogP contribution is 1.95. The van der Waals surface area contributed by atoms with E-state index in [2.05, 4.69) is 4.98 Å². The first-order chi connectivity index (χ1) is 5.13. The molecule has 0 bridgehead atoms. The minimum absolute atomic E-state index is 0.826. The van der Waals surface area contributed by atoms with Crippen LogP contribution in [0.3, 0.4) is 0 Å². The van der Waals surface area contributed by atoms with Crippen molar-refractivity contribution in [3.63, 3.8) is 0 Å². The Morgan fingerprint density at radius 2 is 2.00 bits per heavy atom. The van der Waals surface area contributed by atoms with Gasteiger partial charge in [0, 0.05) is 6.20 Å². The molecule has 0 saturated carbocycles. The normalized spacial score (nSPS) is 9.82. The average Bonchev–Trinajstić information content (AvgIpc) is 1.85. The smallest absolute Gasteiger partial charge is 0.423 e. The number of rotatable bonds is 1. The zero-order valence-electron chi connectivity index (χ0n) is 5.33. The molecule has 6 heteroatoms. The molecule has 58 valence electrons. The second-order valence-electron chi connectivity index (χ2n) is 1.87. The molecule has 0 aliphatic carbocycles. The summed E-state index contributed by atoms with van der Waals surface area (Å²) in [6.45, 7) is 0. The van der Waals surface area contributed by atoms with E-state index in [1.165, 1.54) is 0 Å². The van der Waals surface area contributed by atoms with Crippen molar-refractivity contribution in [3.8, 4) is 0 Å². The molecule has 1 aromatic heterocycles. The van der Waals surface area contributed by atoms with Crippen LogP contribution in [-0.4, -0.2) is 22.2 Å². The fraction of sp³-hybridized carbons (Fsp3) is 0. The van der Waals surface area contributed by atoms with Crippen molar-refractivity contribution in [1.29, 1.82) is 0 Å². The van der Waals surface area contributed by atoms with Crippen LogP contribution in [0.15, 0.2) is 12.3 Å². The van der Waals surface area contributed by atoms with Gasteiger partial charge in [0.15, 0.2) is 0 Å². The van der Waals surface area contributed by atoms with Crippen molar-refractivity contribution >= 4 is 12.6 Å². The summed E-state index contributed by atoms with van der Waals surface area (Å²) in [4.78, 5) is 3.03. The summed E-state index contributed by atoms with van der Waals surface area (Å²) < 4.78 is 24.9. The summed E-state index contributed by atoms with van der Waals surface area (Å²) in [7, 11) is -2.16. The lowest BCUT2D eigenvalue weighted by Crippen LogP contribution is -2.36. The SMILES string of the molecule is OB(O)c1c(F)ccnc1F. The Bertz CT molecular complexity index is 248. The van der Waals surface area contributed by atoms with E-state index in [1.807, 2.05) is 0 Å². The molecule has 0 amide bonds. The van der Waals surface area contributed by atoms with E-state index < -0.39 is 24.3 Å². The molecule has 0 unspecified atom stereocenters. The minimum atomic E-state index is -2.16. The van der Waals surface area contributed by atoms with Crippen LogP contribution in [0.25, 0.3) is 0 Å². The molecule has 0 atom stereocenters. The number of halogens is 2. The van der Waals surface area contributed by atoms with Crippen LogP contribution in [0.4, 0.5) is 8.78 Å². The Morgan fingerprint density at radius 1 is 1.36 bits per heavy atom. The van der Waals surface area contributed by atoms with Crippen molar-refractivity contribution in [3.05, 3.63) is 24.0 Å². The maximum Gasteiger partial charge on any atom is 0.496 e. The quantitative estimate of drug-likeness (QED) is 0.409. The van der Waals surface area contributed by atoms with Crippen molar-refractivity contribution in [2.75, 3.05) is 0 Å². The molecule has 1 aromatic rings. The van der Waals surface area contributed by atoms with Crippen molar-refractivity contribution in [2.24, 2.45) is 0 Å². The molecule has 0 aliphatic rings. The summed E-state index contributed by atoms with van der Waals surface area (Å²) >= 11 is 0. The molecule has 0 spiro atoms. The number of aromatic nitrogens is 1. The van der Waals surface area contributed by atoms with Gasteiger partial charge in [-0.1, -0.05) is 0 Å².